The van der Waals surface area contributed by atoms with E-state index in [0.717, 1.165) is 16.8 Å². The average Bonchev–Trinajstić information content (AvgIpc) is 3.18. The number of hydrogen-bond acceptors (Lipinski definition) is 6. The molecule has 1 saturated heterocycles. The summed E-state index contributed by atoms with van der Waals surface area (Å²) in [5.74, 6) is 1.01. The minimum atomic E-state index is -0.0927. The summed E-state index contributed by atoms with van der Waals surface area (Å²) in [4.78, 5) is 20.3. The number of thioether (sulfide) groups is 1. The van der Waals surface area contributed by atoms with E-state index in [9.17, 15) is 4.79 Å². The van der Waals surface area contributed by atoms with Crippen LogP contribution in [-0.2, 0) is 16.1 Å². The van der Waals surface area contributed by atoms with Gasteiger partial charge in [-0.15, -0.1) is 0 Å². The molecule has 0 unspecified atom stereocenters. The number of halogens is 2. The zero-order chi connectivity index (χ0) is 26.2. The number of rotatable bonds is 10. The fourth-order valence-corrected chi connectivity index (χ4v) is 5.44. The highest BCUT2D eigenvalue weighted by molar-refractivity contribution is 9.10. The molecular formula is C28H26BrClN2O4S. The SMILES string of the molecule is COCCCN1C(=O)/C(=C\c2cc(Br)c(OCc3ccccc3Cl)c(OC)c2)SC1=Nc1ccccc1. The Kier molecular flexibility index (Phi) is 9.68. The molecule has 192 valence electrons. The lowest BCUT2D eigenvalue weighted by Gasteiger charge is -2.15. The Morgan fingerprint density at radius 3 is 2.57 bits per heavy atom. The number of carbonyl (C=O) groups excluding carboxylic acids is 1. The Hall–Kier alpha value is -2.78. The summed E-state index contributed by atoms with van der Waals surface area (Å²) in [5.41, 5.74) is 2.46. The van der Waals surface area contributed by atoms with Gasteiger partial charge in [-0.25, -0.2) is 4.99 Å². The van der Waals surface area contributed by atoms with E-state index in [4.69, 9.17) is 30.8 Å². The van der Waals surface area contributed by atoms with Crippen molar-refractivity contribution in [2.24, 2.45) is 4.99 Å². The van der Waals surface area contributed by atoms with Crippen molar-refractivity contribution in [3.8, 4) is 11.5 Å². The number of methoxy groups -OCH3 is 2. The molecule has 1 aliphatic heterocycles. The van der Waals surface area contributed by atoms with Gasteiger partial charge in [0.25, 0.3) is 5.91 Å². The van der Waals surface area contributed by atoms with E-state index in [1.807, 2.05) is 72.8 Å². The average molecular weight is 602 g/mol. The maximum Gasteiger partial charge on any atom is 0.266 e. The van der Waals surface area contributed by atoms with Crippen molar-refractivity contribution < 1.29 is 19.0 Å². The van der Waals surface area contributed by atoms with Crippen molar-refractivity contribution >= 4 is 62.1 Å². The van der Waals surface area contributed by atoms with Gasteiger partial charge in [-0.1, -0.05) is 48.0 Å². The summed E-state index contributed by atoms with van der Waals surface area (Å²) < 4.78 is 17.5. The minimum Gasteiger partial charge on any atom is -0.493 e. The quantitative estimate of drug-likeness (QED) is 0.180. The molecule has 0 bridgehead atoms. The van der Waals surface area contributed by atoms with E-state index in [1.165, 1.54) is 11.8 Å². The van der Waals surface area contributed by atoms with Gasteiger partial charge in [0.2, 0.25) is 0 Å². The van der Waals surface area contributed by atoms with E-state index in [1.54, 1.807) is 19.1 Å². The van der Waals surface area contributed by atoms with E-state index >= 15 is 0 Å². The van der Waals surface area contributed by atoms with Crippen LogP contribution in [0.2, 0.25) is 5.02 Å². The number of ether oxygens (including phenoxy) is 3. The zero-order valence-electron chi connectivity index (χ0n) is 20.4. The molecule has 1 aliphatic rings. The molecule has 4 rings (SSSR count). The van der Waals surface area contributed by atoms with Crippen LogP contribution >= 0.6 is 39.3 Å². The monoisotopic (exact) mass is 600 g/mol. The number of benzene rings is 3. The third-order valence-corrected chi connectivity index (χ3v) is 7.44. The maximum absolute atomic E-state index is 13.3. The number of aliphatic imine (C=N–C) groups is 1. The summed E-state index contributed by atoms with van der Waals surface area (Å²) >= 11 is 11.2. The van der Waals surface area contributed by atoms with E-state index < -0.39 is 0 Å². The van der Waals surface area contributed by atoms with Crippen molar-refractivity contribution in [3.05, 3.63) is 92.3 Å². The van der Waals surface area contributed by atoms with Crippen molar-refractivity contribution in [2.45, 2.75) is 13.0 Å². The first-order valence-electron chi connectivity index (χ1n) is 11.6. The van der Waals surface area contributed by atoms with E-state index in [2.05, 4.69) is 15.9 Å². The van der Waals surface area contributed by atoms with Crippen molar-refractivity contribution in [2.75, 3.05) is 27.4 Å². The first-order valence-corrected chi connectivity index (χ1v) is 13.6. The van der Waals surface area contributed by atoms with Crippen LogP contribution in [0.5, 0.6) is 11.5 Å². The van der Waals surface area contributed by atoms with Crippen molar-refractivity contribution in [1.29, 1.82) is 0 Å². The molecule has 6 nitrogen and oxygen atoms in total. The van der Waals surface area contributed by atoms with Crippen molar-refractivity contribution in [1.82, 2.24) is 4.90 Å². The number of amidine groups is 1. The Bertz CT molecular complexity index is 1320. The van der Waals surface area contributed by atoms with Gasteiger partial charge in [0, 0.05) is 30.8 Å². The highest BCUT2D eigenvalue weighted by Gasteiger charge is 2.33. The van der Waals surface area contributed by atoms with Gasteiger partial charge in [0.15, 0.2) is 16.7 Å². The standard InChI is InChI=1S/C28H26BrClN2O4S/c1-34-14-8-13-32-27(33)25(37-28(32)31-21-10-4-3-5-11-21)17-19-15-22(29)26(24(16-19)35-2)36-18-20-9-6-7-12-23(20)30/h3-7,9-12,15-17H,8,13-14,18H2,1-2H3/b25-17+,31-28?. The van der Waals surface area contributed by atoms with Gasteiger partial charge in [0.1, 0.15) is 6.61 Å². The Labute approximate surface area is 234 Å². The Morgan fingerprint density at radius 1 is 1.08 bits per heavy atom. The van der Waals surface area contributed by atoms with Gasteiger partial charge in [-0.2, -0.15) is 0 Å². The molecule has 0 spiro atoms. The van der Waals surface area contributed by atoms with Crippen LogP contribution in [0.3, 0.4) is 0 Å². The molecule has 9 heteroatoms. The van der Waals surface area contributed by atoms with E-state index in [-0.39, 0.29) is 5.91 Å². The smallest absolute Gasteiger partial charge is 0.266 e. The topological polar surface area (TPSA) is 60.4 Å². The van der Waals surface area contributed by atoms with Crippen LogP contribution < -0.4 is 9.47 Å². The van der Waals surface area contributed by atoms with Crippen molar-refractivity contribution in [3.63, 3.8) is 0 Å². The second-order valence-electron chi connectivity index (χ2n) is 8.06. The van der Waals surface area contributed by atoms with Gasteiger partial charge < -0.3 is 14.2 Å². The lowest BCUT2D eigenvalue weighted by molar-refractivity contribution is -0.122. The predicted molar refractivity (Wildman–Crippen MR) is 154 cm³/mol. The van der Waals surface area contributed by atoms with Gasteiger partial charge >= 0.3 is 0 Å². The second-order valence-corrected chi connectivity index (χ2v) is 10.3. The summed E-state index contributed by atoms with van der Waals surface area (Å²) in [6.07, 6.45) is 2.55. The summed E-state index contributed by atoms with van der Waals surface area (Å²) in [5, 5.41) is 1.28. The number of carbonyl (C=O) groups is 1. The number of amides is 1. The summed E-state index contributed by atoms with van der Waals surface area (Å²) in [6, 6.07) is 20.9. The molecular weight excluding hydrogens is 576 g/mol. The minimum absolute atomic E-state index is 0.0927. The molecule has 1 heterocycles. The number of nitrogens with zero attached hydrogens (tertiary/aromatic N) is 2. The highest BCUT2D eigenvalue weighted by atomic mass is 79.9. The normalized spacial score (nSPS) is 15.6. The fraction of sp³-hybridized carbons (Fsp3) is 0.214. The maximum atomic E-state index is 13.3. The number of hydrogen-bond donors (Lipinski definition) is 0. The zero-order valence-corrected chi connectivity index (χ0v) is 23.6. The van der Waals surface area contributed by atoms with Crippen LogP contribution in [0.25, 0.3) is 6.08 Å². The van der Waals surface area contributed by atoms with Gasteiger partial charge in [-0.05, 0) is 76.1 Å². The molecule has 3 aromatic carbocycles. The molecule has 1 amide bonds. The third kappa shape index (κ3) is 6.96. The molecule has 0 radical (unpaired) electrons. The van der Waals surface area contributed by atoms with Gasteiger partial charge in [0.05, 0.1) is 22.2 Å². The first kappa shape index (κ1) is 27.3. The Morgan fingerprint density at radius 2 is 1.84 bits per heavy atom. The molecule has 0 atom stereocenters. The molecule has 0 aliphatic carbocycles. The molecule has 0 N–H and O–H groups in total. The summed E-state index contributed by atoms with van der Waals surface area (Å²) in [6.45, 7) is 1.37. The van der Waals surface area contributed by atoms with Crippen LogP contribution in [0, 0.1) is 0 Å². The largest absolute Gasteiger partial charge is 0.493 e. The van der Waals surface area contributed by atoms with Gasteiger partial charge in [-0.3, -0.25) is 9.69 Å². The molecule has 1 fully saturated rings. The highest BCUT2D eigenvalue weighted by Crippen LogP contribution is 2.40. The second kappa shape index (κ2) is 13.1. The lowest BCUT2D eigenvalue weighted by Crippen LogP contribution is -2.30. The molecule has 3 aromatic rings. The lowest BCUT2D eigenvalue weighted by atomic mass is 10.1. The number of para-hydroxylation sites is 1. The Balaban J connectivity index is 1.60. The third-order valence-electron chi connectivity index (χ3n) is 5.48. The molecule has 0 aromatic heterocycles. The predicted octanol–water partition coefficient (Wildman–Crippen LogP) is 7.33. The summed E-state index contributed by atoms with van der Waals surface area (Å²) in [7, 11) is 3.23. The fourth-order valence-electron chi connectivity index (χ4n) is 3.65. The first-order chi connectivity index (χ1) is 18.0. The molecule has 0 saturated carbocycles. The van der Waals surface area contributed by atoms with Crippen LogP contribution in [0.1, 0.15) is 17.5 Å². The van der Waals surface area contributed by atoms with Crippen LogP contribution in [0.4, 0.5) is 5.69 Å². The van der Waals surface area contributed by atoms with E-state index in [0.29, 0.717) is 57.2 Å². The molecule has 37 heavy (non-hydrogen) atoms. The van der Waals surface area contributed by atoms with Crippen LogP contribution in [0.15, 0.2) is 81.1 Å². The van der Waals surface area contributed by atoms with Crippen LogP contribution in [-0.4, -0.2) is 43.3 Å².